The molecule has 7 heteroatoms. The van der Waals surface area contributed by atoms with Gasteiger partial charge < -0.3 is 10.8 Å². The fourth-order valence-corrected chi connectivity index (χ4v) is 3.58. The zero-order chi connectivity index (χ0) is 16.8. The van der Waals surface area contributed by atoms with E-state index in [4.69, 9.17) is 0 Å². The zero-order valence-electron chi connectivity index (χ0n) is 13.9. The van der Waals surface area contributed by atoms with E-state index in [0.29, 0.717) is 5.92 Å². The molecule has 2 aliphatic carbocycles. The van der Waals surface area contributed by atoms with Gasteiger partial charge >= 0.3 is 0 Å². The number of amides is 1. The molecule has 2 aromatic rings. The zero-order valence-corrected chi connectivity index (χ0v) is 13.9. The highest BCUT2D eigenvalue weighted by atomic mass is 19.3. The number of carbonyl (C=O) groups excluding carboxylic acids is 1. The number of nitrogens with zero attached hydrogens (tertiary/aromatic N) is 2. The van der Waals surface area contributed by atoms with Crippen molar-refractivity contribution in [3.8, 4) is 0 Å². The van der Waals surface area contributed by atoms with E-state index in [1.165, 1.54) is 30.8 Å². The molecule has 1 aromatic carbocycles. The summed E-state index contributed by atoms with van der Waals surface area (Å²) in [5, 5.41) is 6.50. The summed E-state index contributed by atoms with van der Waals surface area (Å²) in [6, 6.07) is 7.68. The van der Waals surface area contributed by atoms with Crippen LogP contribution in [0.1, 0.15) is 53.2 Å². The maximum atomic E-state index is 13.0. The van der Waals surface area contributed by atoms with Crippen molar-refractivity contribution in [1.29, 1.82) is 0 Å². The van der Waals surface area contributed by atoms with Crippen molar-refractivity contribution in [2.75, 3.05) is 5.32 Å². The number of nitrogens with one attached hydrogen (secondary N) is 1. The number of anilines is 1. The second kappa shape index (κ2) is 6.55. The molecule has 134 valence electrons. The lowest BCUT2D eigenvalue weighted by molar-refractivity contribution is 0.101. The Morgan fingerprint density at radius 1 is 1.32 bits per heavy atom. The summed E-state index contributed by atoms with van der Waals surface area (Å²) < 4.78 is 27.3. The van der Waals surface area contributed by atoms with E-state index < -0.39 is 18.0 Å². The van der Waals surface area contributed by atoms with E-state index in [9.17, 15) is 13.6 Å². The van der Waals surface area contributed by atoms with E-state index in [2.05, 4.69) is 10.4 Å². The highest BCUT2D eigenvalue weighted by Crippen LogP contribution is 2.60. The van der Waals surface area contributed by atoms with Crippen molar-refractivity contribution in [3.63, 3.8) is 0 Å². The summed E-state index contributed by atoms with van der Waals surface area (Å²) in [5.74, 6) is 1.51. The Labute approximate surface area is 144 Å². The van der Waals surface area contributed by atoms with Gasteiger partial charge in [0.15, 0.2) is 0 Å². The number of para-hydroxylation sites is 1. The number of halogens is 2. The van der Waals surface area contributed by atoms with Crippen LogP contribution in [0.15, 0.2) is 30.5 Å². The fraction of sp³-hybridized carbons (Fsp3) is 0.444. The Morgan fingerprint density at radius 3 is 2.72 bits per heavy atom. The van der Waals surface area contributed by atoms with Gasteiger partial charge in [0.2, 0.25) is 0 Å². The molecule has 3 N–H and O–H groups in total. The van der Waals surface area contributed by atoms with Crippen LogP contribution in [0.25, 0.3) is 0 Å². The second-order valence-corrected chi connectivity index (χ2v) is 6.79. The molecule has 4 rings (SSSR count). The monoisotopic (exact) mass is 349 g/mol. The molecule has 1 amide bonds. The van der Waals surface area contributed by atoms with E-state index >= 15 is 0 Å². The lowest BCUT2D eigenvalue weighted by Crippen LogP contribution is -2.14. The molecular formula is C18H21F2N3O2. The van der Waals surface area contributed by atoms with Gasteiger partial charge in [-0.1, -0.05) is 18.2 Å². The van der Waals surface area contributed by atoms with Gasteiger partial charge in [0.05, 0.1) is 5.56 Å². The largest absolute Gasteiger partial charge is 0.412 e. The van der Waals surface area contributed by atoms with Crippen LogP contribution in [0.2, 0.25) is 0 Å². The van der Waals surface area contributed by atoms with Crippen molar-refractivity contribution in [2.45, 2.75) is 31.6 Å². The van der Waals surface area contributed by atoms with Gasteiger partial charge in [-0.3, -0.25) is 9.48 Å². The normalized spacial score (nSPS) is 21.8. The van der Waals surface area contributed by atoms with Gasteiger partial charge in [0.1, 0.15) is 5.69 Å². The van der Waals surface area contributed by atoms with Crippen molar-refractivity contribution in [1.82, 2.24) is 9.78 Å². The van der Waals surface area contributed by atoms with Gasteiger partial charge in [-0.15, -0.1) is 0 Å². The third kappa shape index (κ3) is 3.42. The number of alkyl halides is 2. The second-order valence-electron chi connectivity index (χ2n) is 6.79. The first-order valence-corrected chi connectivity index (χ1v) is 8.26. The standard InChI is InChI=1S/C18H19F2N3O.H2O/c1-23-9-14(16(22-23)17(19)20)18(24)21-15-5-3-2-4-11(15)13-8-12(13)10-6-7-10;/h2-5,9-10,12-13,17H,6-8H2,1H3,(H,21,24);1H2. The number of aryl methyl sites for hydroxylation is 1. The van der Waals surface area contributed by atoms with E-state index in [1.54, 1.807) is 0 Å². The number of carbonyl (C=O) groups is 1. The molecule has 25 heavy (non-hydrogen) atoms. The SMILES string of the molecule is Cn1cc(C(=O)Nc2ccccc2C2CC2C2CC2)c(C(F)F)n1.O. The summed E-state index contributed by atoms with van der Waals surface area (Å²) >= 11 is 0. The van der Waals surface area contributed by atoms with Gasteiger partial charge in [-0.25, -0.2) is 8.78 Å². The van der Waals surface area contributed by atoms with Crippen LogP contribution in [0.3, 0.4) is 0 Å². The van der Waals surface area contributed by atoms with E-state index in [0.717, 1.165) is 29.5 Å². The maximum absolute atomic E-state index is 13.0. The number of hydrogen-bond acceptors (Lipinski definition) is 2. The number of hydrogen-bond donors (Lipinski definition) is 1. The Kier molecular flexibility index (Phi) is 4.60. The molecule has 1 heterocycles. The lowest BCUT2D eigenvalue weighted by atomic mass is 10.0. The molecule has 2 saturated carbocycles. The van der Waals surface area contributed by atoms with Crippen molar-refractivity contribution in [2.24, 2.45) is 18.9 Å². The lowest BCUT2D eigenvalue weighted by Gasteiger charge is -2.11. The molecule has 0 bridgehead atoms. The molecule has 0 saturated heterocycles. The van der Waals surface area contributed by atoms with Crippen LogP contribution in [0.4, 0.5) is 14.5 Å². The smallest absolute Gasteiger partial charge is 0.282 e. The Morgan fingerprint density at radius 2 is 2.04 bits per heavy atom. The maximum Gasteiger partial charge on any atom is 0.282 e. The average molecular weight is 349 g/mol. The average Bonchev–Trinajstić information content (AvgIpc) is 3.44. The molecule has 2 fully saturated rings. The first kappa shape index (κ1) is 17.5. The first-order valence-electron chi connectivity index (χ1n) is 8.26. The predicted octanol–water partition coefficient (Wildman–Crippen LogP) is 3.30. The Hall–Kier alpha value is -2.28. The summed E-state index contributed by atoms with van der Waals surface area (Å²) in [6.45, 7) is 0. The van der Waals surface area contributed by atoms with Gasteiger partial charge in [0.25, 0.3) is 12.3 Å². The molecule has 0 aliphatic heterocycles. The summed E-state index contributed by atoms with van der Waals surface area (Å²) in [5.41, 5.74) is 1.29. The van der Waals surface area contributed by atoms with Crippen LogP contribution in [-0.2, 0) is 7.05 Å². The van der Waals surface area contributed by atoms with Crippen LogP contribution in [0, 0.1) is 11.8 Å². The van der Waals surface area contributed by atoms with E-state index in [1.807, 2.05) is 24.3 Å². The minimum absolute atomic E-state index is 0. The van der Waals surface area contributed by atoms with Crippen LogP contribution in [-0.4, -0.2) is 21.2 Å². The Balaban J connectivity index is 0.00000182. The van der Waals surface area contributed by atoms with Crippen LogP contribution in [0.5, 0.6) is 0 Å². The van der Waals surface area contributed by atoms with Gasteiger partial charge in [0, 0.05) is 18.9 Å². The molecule has 1 aromatic heterocycles. The molecule has 2 aliphatic rings. The van der Waals surface area contributed by atoms with Gasteiger partial charge in [-0.2, -0.15) is 5.10 Å². The van der Waals surface area contributed by atoms with Crippen molar-refractivity contribution >= 4 is 11.6 Å². The van der Waals surface area contributed by atoms with Crippen LogP contribution >= 0.6 is 0 Å². The predicted molar refractivity (Wildman–Crippen MR) is 89.7 cm³/mol. The number of aromatic nitrogens is 2. The van der Waals surface area contributed by atoms with Crippen molar-refractivity contribution in [3.05, 3.63) is 47.3 Å². The third-order valence-corrected chi connectivity index (χ3v) is 4.98. The van der Waals surface area contributed by atoms with E-state index in [-0.39, 0.29) is 11.0 Å². The molecule has 2 atom stereocenters. The van der Waals surface area contributed by atoms with Crippen LogP contribution < -0.4 is 5.32 Å². The summed E-state index contributed by atoms with van der Waals surface area (Å²) in [6.07, 6.45) is 2.34. The topological polar surface area (TPSA) is 78.4 Å². The fourth-order valence-electron chi connectivity index (χ4n) is 3.58. The Bertz CT molecular complexity index is 786. The number of rotatable bonds is 5. The molecule has 0 radical (unpaired) electrons. The highest BCUT2D eigenvalue weighted by molar-refractivity contribution is 6.05. The first-order chi connectivity index (χ1) is 11.5. The number of benzene rings is 1. The summed E-state index contributed by atoms with van der Waals surface area (Å²) in [4.78, 5) is 12.5. The van der Waals surface area contributed by atoms with Crippen molar-refractivity contribution < 1.29 is 19.1 Å². The minimum Gasteiger partial charge on any atom is -0.412 e. The molecule has 0 spiro atoms. The van der Waals surface area contributed by atoms with Gasteiger partial charge in [-0.05, 0) is 48.6 Å². The summed E-state index contributed by atoms with van der Waals surface area (Å²) in [7, 11) is 1.53. The molecular weight excluding hydrogens is 328 g/mol. The highest BCUT2D eigenvalue weighted by Gasteiger charge is 2.48. The molecule has 2 unspecified atom stereocenters. The quantitative estimate of drug-likeness (QED) is 0.899. The minimum atomic E-state index is -2.77. The third-order valence-electron chi connectivity index (χ3n) is 4.98. The molecule has 5 nitrogen and oxygen atoms in total.